The van der Waals surface area contributed by atoms with Gasteiger partial charge in [0.25, 0.3) is 0 Å². The summed E-state index contributed by atoms with van der Waals surface area (Å²) in [6.07, 6.45) is 4.29. The van der Waals surface area contributed by atoms with Crippen molar-refractivity contribution >= 4 is 5.82 Å². The van der Waals surface area contributed by atoms with Gasteiger partial charge in [-0.3, -0.25) is 0 Å². The Morgan fingerprint density at radius 1 is 1.50 bits per heavy atom. The normalized spacial score (nSPS) is 15.6. The van der Waals surface area contributed by atoms with E-state index >= 15 is 0 Å². The number of hydrogen-bond donors (Lipinski definition) is 1. The Balaban J connectivity index is 2.28. The quantitative estimate of drug-likeness (QED) is 0.843. The summed E-state index contributed by atoms with van der Waals surface area (Å²) in [4.78, 5) is 4.27. The lowest BCUT2D eigenvalue weighted by atomic mass is 9.98. The first-order valence-corrected chi connectivity index (χ1v) is 5.68. The number of rotatable bonds is 3. The molecule has 1 aromatic heterocycles. The van der Waals surface area contributed by atoms with E-state index in [9.17, 15) is 0 Å². The molecule has 1 fully saturated rings. The van der Waals surface area contributed by atoms with Crippen LogP contribution < -0.4 is 5.32 Å². The standard InChI is InChI=1S/C13H17N3/c1-9-6-7-15-12(11(9)8-14)16-13(2,3)10-4-5-10/h6-7,10H,4-5H2,1-3H3,(H,15,16). The van der Waals surface area contributed by atoms with Crippen LogP contribution in [0.15, 0.2) is 12.3 Å². The van der Waals surface area contributed by atoms with Crippen LogP contribution in [0.3, 0.4) is 0 Å². The molecule has 1 aliphatic carbocycles. The topological polar surface area (TPSA) is 48.7 Å². The van der Waals surface area contributed by atoms with Crippen molar-refractivity contribution in [3.05, 3.63) is 23.4 Å². The van der Waals surface area contributed by atoms with Crippen LogP contribution in [-0.2, 0) is 0 Å². The number of anilines is 1. The molecule has 0 saturated heterocycles. The Morgan fingerprint density at radius 2 is 2.19 bits per heavy atom. The first-order chi connectivity index (χ1) is 7.54. The molecule has 0 spiro atoms. The summed E-state index contributed by atoms with van der Waals surface area (Å²) in [5.74, 6) is 1.43. The summed E-state index contributed by atoms with van der Waals surface area (Å²) in [7, 11) is 0. The summed E-state index contributed by atoms with van der Waals surface area (Å²) in [5.41, 5.74) is 1.68. The van der Waals surface area contributed by atoms with Gasteiger partial charge in [0.15, 0.2) is 0 Å². The van der Waals surface area contributed by atoms with Gasteiger partial charge in [0, 0.05) is 11.7 Å². The Hall–Kier alpha value is -1.56. The predicted octanol–water partition coefficient (Wildman–Crippen LogP) is 2.86. The molecule has 0 aromatic carbocycles. The van der Waals surface area contributed by atoms with Crippen LogP contribution in [0, 0.1) is 24.2 Å². The van der Waals surface area contributed by atoms with E-state index in [1.54, 1.807) is 6.20 Å². The molecule has 1 aromatic rings. The van der Waals surface area contributed by atoms with E-state index in [4.69, 9.17) is 5.26 Å². The molecule has 16 heavy (non-hydrogen) atoms. The minimum absolute atomic E-state index is 0.0341. The van der Waals surface area contributed by atoms with Crippen molar-refractivity contribution in [1.29, 1.82) is 5.26 Å². The van der Waals surface area contributed by atoms with Crippen molar-refractivity contribution < 1.29 is 0 Å². The first kappa shape index (κ1) is 10.9. The molecule has 1 saturated carbocycles. The minimum Gasteiger partial charge on any atom is -0.364 e. The maximum Gasteiger partial charge on any atom is 0.144 e. The molecule has 2 rings (SSSR count). The van der Waals surface area contributed by atoms with E-state index in [1.165, 1.54) is 12.8 Å². The molecule has 1 aliphatic rings. The van der Waals surface area contributed by atoms with Gasteiger partial charge in [-0.2, -0.15) is 5.26 Å². The second-order valence-corrected chi connectivity index (χ2v) is 5.08. The molecule has 1 N–H and O–H groups in total. The van der Waals surface area contributed by atoms with Gasteiger partial charge in [-0.25, -0.2) is 4.98 Å². The molecule has 0 aliphatic heterocycles. The molecular formula is C13H17N3. The number of nitrogens with zero attached hydrogens (tertiary/aromatic N) is 2. The van der Waals surface area contributed by atoms with Crippen molar-refractivity contribution in [2.24, 2.45) is 5.92 Å². The third kappa shape index (κ3) is 2.01. The zero-order valence-electron chi connectivity index (χ0n) is 10.0. The fourth-order valence-corrected chi connectivity index (χ4v) is 2.01. The fourth-order valence-electron chi connectivity index (χ4n) is 2.01. The van der Waals surface area contributed by atoms with Crippen LogP contribution in [0.1, 0.15) is 37.8 Å². The van der Waals surface area contributed by atoms with Crippen LogP contribution in [0.4, 0.5) is 5.82 Å². The summed E-state index contributed by atoms with van der Waals surface area (Å²) in [6.45, 7) is 6.29. The lowest BCUT2D eigenvalue weighted by molar-refractivity contribution is 0.492. The lowest BCUT2D eigenvalue weighted by Crippen LogP contribution is -2.34. The van der Waals surface area contributed by atoms with E-state index in [-0.39, 0.29) is 5.54 Å². The van der Waals surface area contributed by atoms with E-state index in [0.29, 0.717) is 11.5 Å². The third-order valence-electron chi connectivity index (χ3n) is 3.31. The summed E-state index contributed by atoms with van der Waals surface area (Å²) in [6, 6.07) is 4.09. The van der Waals surface area contributed by atoms with Crippen LogP contribution in [-0.4, -0.2) is 10.5 Å². The Morgan fingerprint density at radius 3 is 2.75 bits per heavy atom. The largest absolute Gasteiger partial charge is 0.364 e. The molecule has 1 heterocycles. The van der Waals surface area contributed by atoms with Gasteiger partial charge in [-0.15, -0.1) is 0 Å². The smallest absolute Gasteiger partial charge is 0.144 e. The molecule has 3 nitrogen and oxygen atoms in total. The zero-order chi connectivity index (χ0) is 11.8. The van der Waals surface area contributed by atoms with Gasteiger partial charge in [-0.05, 0) is 51.2 Å². The number of nitrogens with one attached hydrogen (secondary N) is 1. The van der Waals surface area contributed by atoms with E-state index < -0.39 is 0 Å². The molecule has 0 amide bonds. The van der Waals surface area contributed by atoms with Crippen molar-refractivity contribution in [1.82, 2.24) is 4.98 Å². The average molecular weight is 215 g/mol. The van der Waals surface area contributed by atoms with E-state index in [1.807, 2.05) is 13.0 Å². The number of hydrogen-bond acceptors (Lipinski definition) is 3. The van der Waals surface area contributed by atoms with Gasteiger partial charge in [0.05, 0.1) is 5.56 Å². The van der Waals surface area contributed by atoms with Crippen molar-refractivity contribution in [2.75, 3.05) is 5.32 Å². The Labute approximate surface area is 96.5 Å². The monoisotopic (exact) mass is 215 g/mol. The molecule has 3 heteroatoms. The van der Waals surface area contributed by atoms with Gasteiger partial charge in [0.1, 0.15) is 11.9 Å². The zero-order valence-corrected chi connectivity index (χ0v) is 10.0. The molecule has 0 unspecified atom stereocenters. The van der Waals surface area contributed by atoms with Crippen LogP contribution in [0.2, 0.25) is 0 Å². The van der Waals surface area contributed by atoms with E-state index in [2.05, 4.69) is 30.2 Å². The van der Waals surface area contributed by atoms with Crippen LogP contribution in [0.25, 0.3) is 0 Å². The lowest BCUT2D eigenvalue weighted by Gasteiger charge is -2.27. The Kier molecular flexibility index (Phi) is 2.59. The SMILES string of the molecule is Cc1ccnc(NC(C)(C)C2CC2)c1C#N. The fraction of sp³-hybridized carbons (Fsp3) is 0.538. The maximum atomic E-state index is 9.12. The molecule has 0 bridgehead atoms. The predicted molar refractivity (Wildman–Crippen MR) is 64.1 cm³/mol. The van der Waals surface area contributed by atoms with Gasteiger partial charge in [0.2, 0.25) is 0 Å². The maximum absolute atomic E-state index is 9.12. The van der Waals surface area contributed by atoms with Crippen molar-refractivity contribution in [3.8, 4) is 6.07 Å². The van der Waals surface area contributed by atoms with Gasteiger partial charge in [-0.1, -0.05) is 0 Å². The van der Waals surface area contributed by atoms with Crippen LogP contribution >= 0.6 is 0 Å². The number of aryl methyl sites for hydroxylation is 1. The number of aromatic nitrogens is 1. The van der Waals surface area contributed by atoms with Crippen molar-refractivity contribution in [2.45, 2.75) is 39.2 Å². The number of pyridine rings is 1. The van der Waals surface area contributed by atoms with E-state index in [0.717, 1.165) is 11.4 Å². The highest BCUT2D eigenvalue weighted by Crippen LogP contribution is 2.41. The second kappa shape index (κ2) is 3.79. The average Bonchev–Trinajstić information content (AvgIpc) is 3.00. The van der Waals surface area contributed by atoms with Crippen molar-refractivity contribution in [3.63, 3.8) is 0 Å². The summed E-state index contributed by atoms with van der Waals surface area (Å²) < 4.78 is 0. The molecule has 84 valence electrons. The first-order valence-electron chi connectivity index (χ1n) is 5.68. The summed E-state index contributed by atoms with van der Waals surface area (Å²) >= 11 is 0. The highest BCUT2D eigenvalue weighted by atomic mass is 15.1. The van der Waals surface area contributed by atoms with Crippen LogP contribution in [0.5, 0.6) is 0 Å². The highest BCUT2D eigenvalue weighted by Gasteiger charge is 2.38. The molecular weight excluding hydrogens is 198 g/mol. The van der Waals surface area contributed by atoms with Gasteiger partial charge < -0.3 is 5.32 Å². The molecule has 0 radical (unpaired) electrons. The third-order valence-corrected chi connectivity index (χ3v) is 3.31. The van der Waals surface area contributed by atoms with Gasteiger partial charge >= 0.3 is 0 Å². The summed E-state index contributed by atoms with van der Waals surface area (Å²) in [5, 5.41) is 12.5. The molecule has 0 atom stereocenters. The highest BCUT2D eigenvalue weighted by molar-refractivity contribution is 5.56. The Bertz CT molecular complexity index is 439. The number of nitriles is 1. The second-order valence-electron chi connectivity index (χ2n) is 5.08. The minimum atomic E-state index is 0.0341.